The van der Waals surface area contributed by atoms with E-state index in [2.05, 4.69) is 6.92 Å². The van der Waals surface area contributed by atoms with Gasteiger partial charge in [0.25, 0.3) is 0 Å². The molecule has 0 unspecified atom stereocenters. The third kappa shape index (κ3) is 8.70. The maximum absolute atomic E-state index is 12.4. The quantitative estimate of drug-likeness (QED) is 0.600. The third-order valence-electron chi connectivity index (χ3n) is 3.59. The molecule has 0 fully saturated rings. The summed E-state index contributed by atoms with van der Waals surface area (Å²) in [4.78, 5) is 26.1. The molecule has 0 spiro atoms. The van der Waals surface area contributed by atoms with Crippen LogP contribution in [0.1, 0.15) is 65.4 Å². The van der Waals surface area contributed by atoms with Crippen molar-refractivity contribution in [2.75, 3.05) is 6.54 Å². The highest BCUT2D eigenvalue weighted by atomic mass is 16.6. The molecule has 4 heteroatoms. The molecule has 0 N–H and O–H groups in total. The first-order chi connectivity index (χ1) is 11.3. The molecule has 0 aliphatic heterocycles. The van der Waals surface area contributed by atoms with Gasteiger partial charge in [0.1, 0.15) is 11.4 Å². The topological polar surface area (TPSA) is 46.6 Å². The molecule has 0 atom stereocenters. The van der Waals surface area contributed by atoms with Crippen LogP contribution in [-0.2, 0) is 16.1 Å². The lowest BCUT2D eigenvalue weighted by Gasteiger charge is -2.27. The highest BCUT2D eigenvalue weighted by Crippen LogP contribution is 2.14. The maximum atomic E-state index is 12.4. The molecule has 0 bridgehead atoms. The number of ether oxygens (including phenoxy) is 1. The summed E-state index contributed by atoms with van der Waals surface area (Å²) in [6, 6.07) is 9.77. The molecule has 1 rings (SSSR count). The van der Waals surface area contributed by atoms with Gasteiger partial charge in [-0.15, -0.1) is 0 Å². The number of benzene rings is 1. The summed E-state index contributed by atoms with van der Waals surface area (Å²) in [6.45, 7) is 8.52. The summed E-state index contributed by atoms with van der Waals surface area (Å²) < 4.78 is 5.48. The Balaban J connectivity index is 2.63. The summed E-state index contributed by atoms with van der Waals surface area (Å²) in [5.41, 5.74) is 0.485. The first-order valence-corrected chi connectivity index (χ1v) is 8.85. The van der Waals surface area contributed by atoms with Crippen molar-refractivity contribution in [2.24, 2.45) is 0 Å². The minimum absolute atomic E-state index is 0.213. The molecule has 134 valence electrons. The van der Waals surface area contributed by atoms with E-state index in [1.165, 1.54) is 0 Å². The fourth-order valence-corrected chi connectivity index (χ4v) is 2.32. The van der Waals surface area contributed by atoms with Crippen molar-refractivity contribution < 1.29 is 14.3 Å². The van der Waals surface area contributed by atoms with Gasteiger partial charge in [-0.1, -0.05) is 50.1 Å². The smallest absolute Gasteiger partial charge is 0.410 e. The molecule has 0 radical (unpaired) electrons. The Kier molecular flexibility index (Phi) is 8.51. The number of carbonyl (C=O) groups excluding carboxylic acids is 2. The first-order valence-electron chi connectivity index (χ1n) is 8.85. The summed E-state index contributed by atoms with van der Waals surface area (Å²) in [7, 11) is 0. The van der Waals surface area contributed by atoms with E-state index >= 15 is 0 Å². The summed E-state index contributed by atoms with van der Waals surface area (Å²) >= 11 is 0. The Morgan fingerprint density at radius 1 is 1.04 bits per heavy atom. The standard InChI is InChI=1S/C20H31NO3/c1-5-6-8-13-18(22)14-15-21(19(23)24-20(2,3)4)16-17-11-9-7-10-12-17/h7,9-12H,5-6,8,13-16H2,1-4H3. The van der Waals surface area contributed by atoms with Gasteiger partial charge >= 0.3 is 6.09 Å². The number of amides is 1. The fraction of sp³-hybridized carbons (Fsp3) is 0.600. The van der Waals surface area contributed by atoms with E-state index in [4.69, 9.17) is 4.74 Å². The van der Waals surface area contributed by atoms with Crippen LogP contribution in [0.25, 0.3) is 0 Å². The first kappa shape index (κ1) is 20.2. The number of carbonyl (C=O) groups is 2. The van der Waals surface area contributed by atoms with E-state index in [9.17, 15) is 9.59 Å². The van der Waals surface area contributed by atoms with Gasteiger partial charge in [-0.05, 0) is 32.8 Å². The Morgan fingerprint density at radius 3 is 2.29 bits per heavy atom. The number of ketones is 1. The zero-order chi connectivity index (χ0) is 18.0. The lowest BCUT2D eigenvalue weighted by Crippen LogP contribution is -2.37. The van der Waals surface area contributed by atoms with Gasteiger partial charge in [0, 0.05) is 25.9 Å². The van der Waals surface area contributed by atoms with Crippen molar-refractivity contribution in [3.05, 3.63) is 35.9 Å². The normalized spacial score (nSPS) is 11.2. The summed E-state index contributed by atoms with van der Waals surface area (Å²) in [5, 5.41) is 0. The second-order valence-electron chi connectivity index (χ2n) is 7.13. The van der Waals surface area contributed by atoms with Crippen molar-refractivity contribution in [3.8, 4) is 0 Å². The van der Waals surface area contributed by atoms with Crippen LogP contribution in [-0.4, -0.2) is 28.9 Å². The van der Waals surface area contributed by atoms with Crippen LogP contribution in [0.2, 0.25) is 0 Å². The van der Waals surface area contributed by atoms with Crippen LogP contribution in [0.15, 0.2) is 30.3 Å². The monoisotopic (exact) mass is 333 g/mol. The number of hydrogen-bond acceptors (Lipinski definition) is 3. The van der Waals surface area contributed by atoms with Crippen LogP contribution in [0.3, 0.4) is 0 Å². The Bertz CT molecular complexity index is 505. The molecule has 24 heavy (non-hydrogen) atoms. The number of unbranched alkanes of at least 4 members (excludes halogenated alkanes) is 2. The van der Waals surface area contributed by atoms with Crippen LogP contribution in [0, 0.1) is 0 Å². The van der Waals surface area contributed by atoms with Crippen molar-refractivity contribution in [1.82, 2.24) is 4.90 Å². The molecular formula is C20H31NO3. The van der Waals surface area contributed by atoms with Gasteiger partial charge in [-0.2, -0.15) is 0 Å². The SMILES string of the molecule is CCCCCC(=O)CCN(Cc1ccccc1)C(=O)OC(C)(C)C. The molecule has 0 aromatic heterocycles. The van der Waals surface area contributed by atoms with Gasteiger partial charge in [-0.3, -0.25) is 4.79 Å². The number of nitrogens with zero attached hydrogens (tertiary/aromatic N) is 1. The van der Waals surface area contributed by atoms with E-state index < -0.39 is 5.60 Å². The molecule has 1 amide bonds. The zero-order valence-corrected chi connectivity index (χ0v) is 15.5. The van der Waals surface area contributed by atoms with Gasteiger partial charge in [0.2, 0.25) is 0 Å². The van der Waals surface area contributed by atoms with Crippen LogP contribution in [0.5, 0.6) is 0 Å². The summed E-state index contributed by atoms with van der Waals surface area (Å²) in [6.07, 6.45) is 3.72. The third-order valence-corrected chi connectivity index (χ3v) is 3.59. The number of rotatable bonds is 9. The average Bonchev–Trinajstić information content (AvgIpc) is 2.51. The minimum Gasteiger partial charge on any atom is -0.444 e. The molecule has 0 saturated heterocycles. The van der Waals surface area contributed by atoms with Crippen molar-refractivity contribution in [2.45, 2.75) is 71.9 Å². The molecule has 1 aromatic carbocycles. The lowest BCUT2D eigenvalue weighted by molar-refractivity contribution is -0.119. The predicted octanol–water partition coefficient (Wildman–Crippen LogP) is 4.96. The summed E-state index contributed by atoms with van der Waals surface area (Å²) in [5.74, 6) is 0.213. The average molecular weight is 333 g/mol. The van der Waals surface area contributed by atoms with Crippen molar-refractivity contribution in [1.29, 1.82) is 0 Å². The Morgan fingerprint density at radius 2 is 1.71 bits per heavy atom. The predicted molar refractivity (Wildman–Crippen MR) is 96.9 cm³/mol. The molecular weight excluding hydrogens is 302 g/mol. The highest BCUT2D eigenvalue weighted by Gasteiger charge is 2.22. The van der Waals surface area contributed by atoms with Gasteiger partial charge in [-0.25, -0.2) is 4.79 Å². The van der Waals surface area contributed by atoms with E-state index in [0.717, 1.165) is 24.8 Å². The molecule has 1 aromatic rings. The fourth-order valence-electron chi connectivity index (χ4n) is 2.32. The number of Topliss-reactive ketones (excluding diaryl/α,β-unsaturated/α-hetero) is 1. The molecule has 0 saturated carbocycles. The van der Waals surface area contributed by atoms with Crippen molar-refractivity contribution in [3.63, 3.8) is 0 Å². The van der Waals surface area contributed by atoms with Crippen LogP contribution < -0.4 is 0 Å². The van der Waals surface area contributed by atoms with Crippen molar-refractivity contribution >= 4 is 11.9 Å². The van der Waals surface area contributed by atoms with E-state index in [1.807, 2.05) is 51.1 Å². The van der Waals surface area contributed by atoms with E-state index in [1.54, 1.807) is 4.90 Å². The molecule has 0 heterocycles. The largest absolute Gasteiger partial charge is 0.444 e. The van der Waals surface area contributed by atoms with Crippen LogP contribution in [0.4, 0.5) is 4.79 Å². The minimum atomic E-state index is -0.544. The van der Waals surface area contributed by atoms with Crippen LogP contribution >= 0.6 is 0 Å². The van der Waals surface area contributed by atoms with Gasteiger partial charge < -0.3 is 9.64 Å². The molecule has 0 aliphatic carbocycles. The Hall–Kier alpha value is -1.84. The lowest BCUT2D eigenvalue weighted by atomic mass is 10.1. The maximum Gasteiger partial charge on any atom is 0.410 e. The number of hydrogen-bond donors (Lipinski definition) is 0. The highest BCUT2D eigenvalue weighted by molar-refractivity contribution is 5.79. The van der Waals surface area contributed by atoms with Gasteiger partial charge in [0.15, 0.2) is 0 Å². The zero-order valence-electron chi connectivity index (χ0n) is 15.5. The van der Waals surface area contributed by atoms with Gasteiger partial charge in [0.05, 0.1) is 0 Å². The molecule has 4 nitrogen and oxygen atoms in total. The van der Waals surface area contributed by atoms with E-state index in [0.29, 0.717) is 25.9 Å². The second-order valence-corrected chi connectivity index (χ2v) is 7.13. The Labute approximate surface area is 146 Å². The van der Waals surface area contributed by atoms with E-state index in [-0.39, 0.29) is 11.9 Å². The molecule has 0 aliphatic rings. The second kappa shape index (κ2) is 10.1.